The Morgan fingerprint density at radius 1 is 1.40 bits per heavy atom. The van der Waals surface area contributed by atoms with Crippen LogP contribution in [0.2, 0.25) is 0 Å². The first kappa shape index (κ1) is 14.9. The molecule has 0 aliphatic rings. The zero-order valence-electron chi connectivity index (χ0n) is 10.5. The number of benzene rings is 1. The van der Waals surface area contributed by atoms with Crippen LogP contribution in [0.1, 0.15) is 0 Å². The number of nitrogens with two attached hydrogens (primary N) is 1. The van der Waals surface area contributed by atoms with Crippen LogP contribution in [0.4, 0.5) is 5.69 Å². The molecule has 0 atom stereocenters. The highest BCUT2D eigenvalue weighted by Gasteiger charge is 2.09. The molecule has 0 fully saturated rings. The van der Waals surface area contributed by atoms with Crippen molar-refractivity contribution in [1.29, 1.82) is 0 Å². The summed E-state index contributed by atoms with van der Waals surface area (Å²) in [7, 11) is 0. The van der Waals surface area contributed by atoms with Crippen molar-refractivity contribution in [1.82, 2.24) is 20.2 Å². The lowest BCUT2D eigenvalue weighted by Crippen LogP contribution is -2.16. The summed E-state index contributed by atoms with van der Waals surface area (Å²) in [6, 6.07) is 7.38. The van der Waals surface area contributed by atoms with E-state index in [0.29, 0.717) is 18.2 Å². The monoisotopic (exact) mass is 356 g/mol. The van der Waals surface area contributed by atoms with Gasteiger partial charge >= 0.3 is 0 Å². The molecule has 1 heterocycles. The van der Waals surface area contributed by atoms with Crippen molar-refractivity contribution in [2.45, 2.75) is 11.7 Å². The Balaban J connectivity index is 1.85. The van der Waals surface area contributed by atoms with E-state index < -0.39 is 0 Å². The van der Waals surface area contributed by atoms with Crippen molar-refractivity contribution >= 4 is 39.3 Å². The van der Waals surface area contributed by atoms with Crippen molar-refractivity contribution in [3.05, 3.63) is 28.7 Å². The van der Waals surface area contributed by atoms with Crippen LogP contribution < -0.4 is 11.1 Å². The number of amides is 1. The highest BCUT2D eigenvalue weighted by Crippen LogP contribution is 2.16. The number of aromatic nitrogens is 4. The Hall–Kier alpha value is -1.45. The molecular formula is C11H13BrN6OS. The number of rotatable bonds is 6. The van der Waals surface area contributed by atoms with Crippen molar-refractivity contribution in [2.75, 3.05) is 17.6 Å². The second kappa shape index (κ2) is 7.36. The number of halogens is 1. The molecule has 0 bridgehead atoms. The largest absolute Gasteiger partial charge is 0.329 e. The van der Waals surface area contributed by atoms with Gasteiger partial charge in [-0.05, 0) is 34.7 Å². The van der Waals surface area contributed by atoms with Crippen molar-refractivity contribution < 1.29 is 4.79 Å². The van der Waals surface area contributed by atoms with Gasteiger partial charge in [0.2, 0.25) is 11.1 Å². The molecule has 0 radical (unpaired) electrons. The van der Waals surface area contributed by atoms with Crippen LogP contribution in [0, 0.1) is 0 Å². The Kier molecular flexibility index (Phi) is 5.50. The SMILES string of the molecule is NCCn1nnnc1SCC(=O)Nc1ccc(Br)cc1. The molecule has 9 heteroatoms. The number of thioether (sulfide) groups is 1. The van der Waals surface area contributed by atoms with Gasteiger partial charge in [0, 0.05) is 16.7 Å². The smallest absolute Gasteiger partial charge is 0.234 e. The molecule has 1 aromatic heterocycles. The third-order valence-corrected chi connectivity index (χ3v) is 3.79. The fraction of sp³-hybridized carbons (Fsp3) is 0.273. The lowest BCUT2D eigenvalue weighted by atomic mass is 10.3. The van der Waals surface area contributed by atoms with Crippen molar-refractivity contribution in [3.63, 3.8) is 0 Å². The summed E-state index contributed by atoms with van der Waals surface area (Å²) in [5.74, 6) is 0.126. The quantitative estimate of drug-likeness (QED) is 0.752. The molecule has 0 saturated carbocycles. The minimum absolute atomic E-state index is 0.111. The van der Waals surface area contributed by atoms with E-state index in [1.165, 1.54) is 11.8 Å². The maximum atomic E-state index is 11.8. The third-order valence-electron chi connectivity index (χ3n) is 2.30. The lowest BCUT2D eigenvalue weighted by molar-refractivity contribution is -0.113. The van der Waals surface area contributed by atoms with E-state index in [1.807, 2.05) is 24.3 Å². The van der Waals surface area contributed by atoms with E-state index in [2.05, 4.69) is 36.8 Å². The summed E-state index contributed by atoms with van der Waals surface area (Å²) in [4.78, 5) is 11.8. The summed E-state index contributed by atoms with van der Waals surface area (Å²) in [5.41, 5.74) is 6.20. The first-order valence-corrected chi connectivity index (χ1v) is 7.61. The first-order valence-electron chi connectivity index (χ1n) is 5.83. The summed E-state index contributed by atoms with van der Waals surface area (Å²) in [6.07, 6.45) is 0. The molecule has 0 aliphatic heterocycles. The van der Waals surface area contributed by atoms with Gasteiger partial charge in [-0.1, -0.05) is 27.7 Å². The molecule has 2 aromatic rings. The maximum absolute atomic E-state index is 11.8. The Morgan fingerprint density at radius 3 is 2.85 bits per heavy atom. The number of carbonyl (C=O) groups excluding carboxylic acids is 1. The highest BCUT2D eigenvalue weighted by atomic mass is 79.9. The summed E-state index contributed by atoms with van der Waals surface area (Å²) >= 11 is 4.61. The number of tetrazole rings is 1. The lowest BCUT2D eigenvalue weighted by Gasteiger charge is -2.05. The Labute approximate surface area is 128 Å². The standard InChI is InChI=1S/C11H13BrN6OS/c12-8-1-3-9(4-2-8)14-10(19)7-20-11-15-16-17-18(11)6-5-13/h1-4H,5-7,13H2,(H,14,19). The average molecular weight is 357 g/mol. The van der Waals surface area contributed by atoms with E-state index in [4.69, 9.17) is 5.73 Å². The van der Waals surface area contributed by atoms with Crippen LogP contribution in [0.3, 0.4) is 0 Å². The van der Waals surface area contributed by atoms with E-state index in [1.54, 1.807) is 4.68 Å². The van der Waals surface area contributed by atoms with E-state index >= 15 is 0 Å². The third kappa shape index (κ3) is 4.29. The number of carbonyl (C=O) groups is 1. The number of hydrogen-bond acceptors (Lipinski definition) is 6. The van der Waals surface area contributed by atoms with Gasteiger partial charge < -0.3 is 11.1 Å². The topological polar surface area (TPSA) is 98.7 Å². The predicted octanol–water partition coefficient (Wildman–Crippen LogP) is 1.13. The summed E-state index contributed by atoms with van der Waals surface area (Å²) < 4.78 is 2.54. The van der Waals surface area contributed by atoms with Crippen molar-refractivity contribution in [2.24, 2.45) is 5.73 Å². The van der Waals surface area contributed by atoms with E-state index in [-0.39, 0.29) is 11.7 Å². The van der Waals surface area contributed by atoms with Gasteiger partial charge in [0.1, 0.15) is 0 Å². The van der Waals surface area contributed by atoms with Crippen LogP contribution in [-0.4, -0.2) is 38.4 Å². The van der Waals surface area contributed by atoms with E-state index in [0.717, 1.165) is 10.2 Å². The normalized spacial score (nSPS) is 10.5. The molecule has 106 valence electrons. The summed E-state index contributed by atoms with van der Waals surface area (Å²) in [6.45, 7) is 0.980. The molecule has 7 nitrogen and oxygen atoms in total. The zero-order chi connectivity index (χ0) is 14.4. The number of nitrogens with one attached hydrogen (secondary N) is 1. The molecule has 0 unspecified atom stereocenters. The van der Waals surface area contributed by atoms with Gasteiger partial charge in [0.25, 0.3) is 0 Å². The van der Waals surface area contributed by atoms with Gasteiger partial charge in [-0.2, -0.15) is 0 Å². The van der Waals surface area contributed by atoms with Gasteiger partial charge in [-0.25, -0.2) is 4.68 Å². The fourth-order valence-corrected chi connectivity index (χ4v) is 2.39. The average Bonchev–Trinajstić information content (AvgIpc) is 2.87. The van der Waals surface area contributed by atoms with E-state index in [9.17, 15) is 4.79 Å². The molecule has 1 aromatic carbocycles. The van der Waals surface area contributed by atoms with Crippen LogP contribution in [-0.2, 0) is 11.3 Å². The Bertz CT molecular complexity index is 573. The molecule has 20 heavy (non-hydrogen) atoms. The second-order valence-electron chi connectivity index (χ2n) is 3.82. The molecule has 0 saturated heterocycles. The second-order valence-corrected chi connectivity index (χ2v) is 5.68. The Morgan fingerprint density at radius 2 is 2.15 bits per heavy atom. The van der Waals surface area contributed by atoms with Gasteiger partial charge in [-0.15, -0.1) is 5.10 Å². The number of anilines is 1. The minimum atomic E-state index is -0.111. The molecular weight excluding hydrogens is 344 g/mol. The molecule has 0 aliphatic carbocycles. The summed E-state index contributed by atoms with van der Waals surface area (Å²) in [5, 5.41) is 14.6. The molecule has 1 amide bonds. The van der Waals surface area contributed by atoms with Gasteiger partial charge in [0.15, 0.2) is 0 Å². The highest BCUT2D eigenvalue weighted by molar-refractivity contribution is 9.10. The molecule has 0 spiro atoms. The number of nitrogens with zero attached hydrogens (tertiary/aromatic N) is 4. The van der Waals surface area contributed by atoms with Crippen molar-refractivity contribution in [3.8, 4) is 0 Å². The predicted molar refractivity (Wildman–Crippen MR) is 80.4 cm³/mol. The number of hydrogen-bond donors (Lipinski definition) is 2. The van der Waals surface area contributed by atoms with Crippen LogP contribution in [0.25, 0.3) is 0 Å². The molecule has 3 N–H and O–H groups in total. The zero-order valence-corrected chi connectivity index (χ0v) is 12.9. The fourth-order valence-electron chi connectivity index (χ4n) is 1.42. The van der Waals surface area contributed by atoms with Crippen LogP contribution in [0.5, 0.6) is 0 Å². The first-order chi connectivity index (χ1) is 9.69. The van der Waals surface area contributed by atoms with Crippen LogP contribution >= 0.6 is 27.7 Å². The van der Waals surface area contributed by atoms with Gasteiger partial charge in [-0.3, -0.25) is 4.79 Å². The van der Waals surface area contributed by atoms with Gasteiger partial charge in [0.05, 0.1) is 12.3 Å². The maximum Gasteiger partial charge on any atom is 0.234 e. The molecule has 2 rings (SSSR count). The van der Waals surface area contributed by atoms with Crippen LogP contribution in [0.15, 0.2) is 33.9 Å². The minimum Gasteiger partial charge on any atom is -0.329 e.